The fourth-order valence-corrected chi connectivity index (χ4v) is 1.91. The van der Waals surface area contributed by atoms with Crippen molar-refractivity contribution in [3.63, 3.8) is 0 Å². The minimum Gasteiger partial charge on any atom is -0.493 e. The summed E-state index contributed by atoms with van der Waals surface area (Å²) >= 11 is 0. The van der Waals surface area contributed by atoms with Crippen molar-refractivity contribution in [3.8, 4) is 11.5 Å². The zero-order valence-electron chi connectivity index (χ0n) is 12.2. The van der Waals surface area contributed by atoms with Crippen molar-refractivity contribution in [3.05, 3.63) is 54.1 Å². The minimum absolute atomic E-state index is 0.0823. The molecule has 4 nitrogen and oxygen atoms in total. The largest absolute Gasteiger partial charge is 0.573 e. The van der Waals surface area contributed by atoms with Crippen molar-refractivity contribution in [1.29, 1.82) is 0 Å². The first kappa shape index (κ1) is 16.7. The minimum atomic E-state index is -4.84. The third-order valence-electron chi connectivity index (χ3n) is 2.79. The molecule has 2 aromatic carbocycles. The van der Waals surface area contributed by atoms with E-state index >= 15 is 0 Å². The molecule has 0 saturated heterocycles. The molecular formula is C16H14F3NO3. The van der Waals surface area contributed by atoms with Gasteiger partial charge in [0.15, 0.2) is 5.75 Å². The van der Waals surface area contributed by atoms with Crippen LogP contribution in [0.4, 0.5) is 18.9 Å². The second kappa shape index (κ2) is 7.04. The first-order valence-electron chi connectivity index (χ1n) is 6.78. The number of carbonyl (C=O) groups is 1. The van der Waals surface area contributed by atoms with E-state index in [1.54, 1.807) is 25.1 Å². The Kier molecular flexibility index (Phi) is 5.10. The summed E-state index contributed by atoms with van der Waals surface area (Å²) in [6.45, 7) is 2.12. The summed E-state index contributed by atoms with van der Waals surface area (Å²) in [5.41, 5.74) is 0.136. The van der Waals surface area contributed by atoms with Crippen LogP contribution in [0.25, 0.3) is 0 Å². The van der Waals surface area contributed by atoms with E-state index in [1.807, 2.05) is 0 Å². The van der Waals surface area contributed by atoms with Gasteiger partial charge in [0.2, 0.25) is 0 Å². The van der Waals surface area contributed by atoms with Crippen LogP contribution in [0.1, 0.15) is 17.3 Å². The number of para-hydroxylation sites is 3. The average Bonchev–Trinajstić information content (AvgIpc) is 2.48. The molecule has 0 aliphatic rings. The van der Waals surface area contributed by atoms with Crippen molar-refractivity contribution in [2.24, 2.45) is 0 Å². The Bertz CT molecular complexity index is 686. The first-order chi connectivity index (χ1) is 10.9. The van der Waals surface area contributed by atoms with Gasteiger partial charge in [0, 0.05) is 0 Å². The van der Waals surface area contributed by atoms with E-state index < -0.39 is 18.0 Å². The van der Waals surface area contributed by atoms with E-state index in [-0.39, 0.29) is 11.3 Å². The predicted octanol–water partition coefficient (Wildman–Crippen LogP) is 4.24. The number of ether oxygens (including phenoxy) is 2. The second-order valence-corrected chi connectivity index (χ2v) is 4.43. The van der Waals surface area contributed by atoms with Crippen LogP contribution >= 0.6 is 0 Å². The van der Waals surface area contributed by atoms with E-state index in [1.165, 1.54) is 24.3 Å². The molecule has 0 aliphatic carbocycles. The molecule has 0 atom stereocenters. The van der Waals surface area contributed by atoms with Gasteiger partial charge in [-0.3, -0.25) is 4.79 Å². The molecule has 0 heterocycles. The third kappa shape index (κ3) is 4.64. The molecule has 23 heavy (non-hydrogen) atoms. The van der Waals surface area contributed by atoms with E-state index in [0.717, 1.165) is 6.07 Å². The molecule has 7 heteroatoms. The number of benzene rings is 2. The number of hydrogen-bond donors (Lipinski definition) is 1. The van der Waals surface area contributed by atoms with Gasteiger partial charge >= 0.3 is 6.36 Å². The molecule has 1 amide bonds. The monoisotopic (exact) mass is 325 g/mol. The van der Waals surface area contributed by atoms with Crippen molar-refractivity contribution in [2.45, 2.75) is 13.3 Å². The molecule has 0 bridgehead atoms. The summed E-state index contributed by atoms with van der Waals surface area (Å²) in [6.07, 6.45) is -4.84. The molecule has 0 aliphatic heterocycles. The highest BCUT2D eigenvalue weighted by molar-refractivity contribution is 6.06. The van der Waals surface area contributed by atoms with Crippen molar-refractivity contribution in [2.75, 3.05) is 11.9 Å². The van der Waals surface area contributed by atoms with Crippen molar-refractivity contribution < 1.29 is 27.4 Å². The molecule has 0 unspecified atom stereocenters. The molecule has 1 N–H and O–H groups in total. The van der Waals surface area contributed by atoms with E-state index in [9.17, 15) is 18.0 Å². The summed E-state index contributed by atoms with van der Waals surface area (Å²) in [6, 6.07) is 11.8. The van der Waals surface area contributed by atoms with Crippen LogP contribution in [-0.2, 0) is 0 Å². The van der Waals surface area contributed by atoms with Gasteiger partial charge in [-0.2, -0.15) is 0 Å². The van der Waals surface area contributed by atoms with Crippen LogP contribution in [0.2, 0.25) is 0 Å². The summed E-state index contributed by atoms with van der Waals surface area (Å²) < 4.78 is 46.4. The first-order valence-corrected chi connectivity index (χ1v) is 6.78. The summed E-state index contributed by atoms with van der Waals surface area (Å²) in [7, 11) is 0. The lowest BCUT2D eigenvalue weighted by Crippen LogP contribution is -2.20. The predicted molar refractivity (Wildman–Crippen MR) is 78.7 cm³/mol. The maximum atomic E-state index is 12.4. The number of rotatable bonds is 5. The van der Waals surface area contributed by atoms with Gasteiger partial charge in [0.25, 0.3) is 5.91 Å². The Morgan fingerprint density at radius 1 is 1.04 bits per heavy atom. The number of amides is 1. The van der Waals surface area contributed by atoms with E-state index in [4.69, 9.17) is 4.74 Å². The zero-order chi connectivity index (χ0) is 16.9. The molecule has 0 radical (unpaired) electrons. The van der Waals surface area contributed by atoms with Gasteiger partial charge in [-0.15, -0.1) is 13.2 Å². The fourth-order valence-electron chi connectivity index (χ4n) is 1.91. The SMILES string of the molecule is CCOc1ccccc1C(=O)Nc1ccccc1OC(F)(F)F. The van der Waals surface area contributed by atoms with Crippen LogP contribution in [-0.4, -0.2) is 18.9 Å². The molecular weight excluding hydrogens is 311 g/mol. The number of anilines is 1. The van der Waals surface area contributed by atoms with Crippen LogP contribution in [0.15, 0.2) is 48.5 Å². The third-order valence-corrected chi connectivity index (χ3v) is 2.79. The lowest BCUT2D eigenvalue weighted by atomic mass is 10.2. The highest BCUT2D eigenvalue weighted by Crippen LogP contribution is 2.30. The molecule has 0 spiro atoms. The Balaban J connectivity index is 2.24. The number of nitrogens with one attached hydrogen (secondary N) is 1. The Morgan fingerprint density at radius 3 is 2.30 bits per heavy atom. The van der Waals surface area contributed by atoms with Crippen molar-refractivity contribution in [1.82, 2.24) is 0 Å². The van der Waals surface area contributed by atoms with E-state index in [0.29, 0.717) is 12.4 Å². The Morgan fingerprint density at radius 2 is 1.65 bits per heavy atom. The molecule has 2 rings (SSSR count). The Hall–Kier alpha value is -2.70. The summed E-state index contributed by atoms with van der Waals surface area (Å²) in [4.78, 5) is 12.3. The highest BCUT2D eigenvalue weighted by atomic mass is 19.4. The highest BCUT2D eigenvalue weighted by Gasteiger charge is 2.32. The van der Waals surface area contributed by atoms with Crippen LogP contribution < -0.4 is 14.8 Å². The number of halogens is 3. The summed E-state index contributed by atoms with van der Waals surface area (Å²) in [5, 5.41) is 2.40. The fraction of sp³-hybridized carbons (Fsp3) is 0.188. The Labute approximate surface area is 130 Å². The maximum Gasteiger partial charge on any atom is 0.573 e. The van der Waals surface area contributed by atoms with Gasteiger partial charge < -0.3 is 14.8 Å². The van der Waals surface area contributed by atoms with Crippen LogP contribution in [0.5, 0.6) is 11.5 Å². The van der Waals surface area contributed by atoms with Crippen LogP contribution in [0, 0.1) is 0 Å². The van der Waals surface area contributed by atoms with Crippen molar-refractivity contribution >= 4 is 11.6 Å². The number of carbonyl (C=O) groups excluding carboxylic acids is 1. The zero-order valence-corrected chi connectivity index (χ0v) is 12.2. The normalized spacial score (nSPS) is 11.0. The van der Waals surface area contributed by atoms with Crippen LogP contribution in [0.3, 0.4) is 0 Å². The van der Waals surface area contributed by atoms with Gasteiger partial charge in [0.1, 0.15) is 5.75 Å². The topological polar surface area (TPSA) is 47.6 Å². The second-order valence-electron chi connectivity index (χ2n) is 4.43. The molecule has 122 valence electrons. The van der Waals surface area contributed by atoms with Gasteiger partial charge in [-0.1, -0.05) is 24.3 Å². The number of hydrogen-bond acceptors (Lipinski definition) is 3. The maximum absolute atomic E-state index is 12.4. The van der Waals surface area contributed by atoms with Gasteiger partial charge in [0.05, 0.1) is 17.9 Å². The smallest absolute Gasteiger partial charge is 0.493 e. The lowest BCUT2D eigenvalue weighted by molar-refractivity contribution is -0.274. The average molecular weight is 325 g/mol. The van der Waals surface area contributed by atoms with E-state index in [2.05, 4.69) is 10.1 Å². The lowest BCUT2D eigenvalue weighted by Gasteiger charge is -2.15. The van der Waals surface area contributed by atoms with Gasteiger partial charge in [-0.25, -0.2) is 0 Å². The quantitative estimate of drug-likeness (QED) is 0.894. The number of alkyl halides is 3. The summed E-state index contributed by atoms with van der Waals surface area (Å²) in [5.74, 6) is -0.726. The molecule has 0 saturated carbocycles. The molecule has 0 aromatic heterocycles. The molecule has 2 aromatic rings. The molecule has 0 fully saturated rings. The van der Waals surface area contributed by atoms with Gasteiger partial charge in [-0.05, 0) is 31.2 Å². The standard InChI is InChI=1S/C16H14F3NO3/c1-2-22-13-9-5-3-7-11(13)15(21)20-12-8-4-6-10-14(12)23-16(17,18)19/h3-10H,2H2,1H3,(H,20,21).